The highest BCUT2D eigenvalue weighted by Gasteiger charge is 2.16. The highest BCUT2D eigenvalue weighted by Crippen LogP contribution is 2.29. The van der Waals surface area contributed by atoms with Crippen molar-refractivity contribution in [3.8, 4) is 5.75 Å². The Labute approximate surface area is 168 Å². The van der Waals surface area contributed by atoms with Gasteiger partial charge in [-0.2, -0.15) is 0 Å². The predicted molar refractivity (Wildman–Crippen MR) is 112 cm³/mol. The van der Waals surface area contributed by atoms with Gasteiger partial charge in [-0.25, -0.2) is 13.4 Å². The van der Waals surface area contributed by atoms with E-state index in [-0.39, 0.29) is 29.4 Å². The fraction of sp³-hybridized carbons (Fsp3) is 0.300. The molecule has 1 aromatic heterocycles. The van der Waals surface area contributed by atoms with Crippen LogP contribution in [-0.4, -0.2) is 32.2 Å². The summed E-state index contributed by atoms with van der Waals surface area (Å²) in [6.07, 6.45) is 0.354. The zero-order chi connectivity index (χ0) is 20.3. The number of rotatable bonds is 7. The van der Waals surface area contributed by atoms with E-state index in [9.17, 15) is 13.2 Å². The number of fused-ring (bicyclic) bond motifs is 1. The molecule has 2 aromatic carbocycles. The van der Waals surface area contributed by atoms with E-state index in [1.54, 1.807) is 12.1 Å². The van der Waals surface area contributed by atoms with Crippen molar-refractivity contribution < 1.29 is 17.9 Å². The van der Waals surface area contributed by atoms with Gasteiger partial charge in [0.25, 0.3) is 0 Å². The third-order valence-electron chi connectivity index (χ3n) is 4.30. The topological polar surface area (TPSA) is 85.4 Å². The number of sulfone groups is 1. The number of thiazole rings is 1. The van der Waals surface area contributed by atoms with Crippen LogP contribution in [0.5, 0.6) is 5.75 Å². The molecule has 0 unspecified atom stereocenters. The van der Waals surface area contributed by atoms with Gasteiger partial charge in [0.15, 0.2) is 15.0 Å². The smallest absolute Gasteiger partial charge is 0.226 e. The summed E-state index contributed by atoms with van der Waals surface area (Å²) in [7, 11) is -1.91. The van der Waals surface area contributed by atoms with Crippen molar-refractivity contribution in [3.05, 3.63) is 47.5 Å². The van der Waals surface area contributed by atoms with E-state index in [2.05, 4.69) is 16.4 Å². The largest absolute Gasteiger partial charge is 0.497 e. The van der Waals surface area contributed by atoms with E-state index < -0.39 is 9.84 Å². The summed E-state index contributed by atoms with van der Waals surface area (Å²) in [6, 6.07) is 10.3. The second-order valence-corrected chi connectivity index (χ2v) is 9.70. The van der Waals surface area contributed by atoms with Gasteiger partial charge in [-0.15, -0.1) is 0 Å². The minimum atomic E-state index is -3.43. The second kappa shape index (κ2) is 8.28. The number of aryl methyl sites for hydroxylation is 2. The number of aromatic nitrogens is 1. The van der Waals surface area contributed by atoms with Gasteiger partial charge < -0.3 is 10.1 Å². The van der Waals surface area contributed by atoms with Gasteiger partial charge in [-0.3, -0.25) is 4.79 Å². The molecule has 1 amide bonds. The number of carbonyl (C=O) groups excluding carboxylic acids is 1. The highest BCUT2D eigenvalue weighted by atomic mass is 32.2. The van der Waals surface area contributed by atoms with Gasteiger partial charge >= 0.3 is 0 Å². The Morgan fingerprint density at radius 3 is 2.57 bits per heavy atom. The molecule has 0 aliphatic heterocycles. The molecule has 28 heavy (non-hydrogen) atoms. The Bertz CT molecular complexity index is 1100. The van der Waals surface area contributed by atoms with Crippen molar-refractivity contribution in [1.82, 2.24) is 4.98 Å². The van der Waals surface area contributed by atoms with Crippen molar-refractivity contribution in [3.63, 3.8) is 0 Å². The monoisotopic (exact) mass is 418 g/mol. The van der Waals surface area contributed by atoms with Crippen LogP contribution >= 0.6 is 11.3 Å². The van der Waals surface area contributed by atoms with Crippen LogP contribution in [0.3, 0.4) is 0 Å². The van der Waals surface area contributed by atoms with Crippen LogP contribution in [0.15, 0.2) is 41.3 Å². The normalized spacial score (nSPS) is 11.5. The SMILES string of the molecule is COc1ccc(S(=O)(=O)CCCC(=O)Nc2nc3cc(C)cc(C)c3s2)cc1. The number of carbonyl (C=O) groups is 1. The third-order valence-corrected chi connectivity index (χ3v) is 7.24. The third kappa shape index (κ3) is 4.69. The number of hydrogen-bond donors (Lipinski definition) is 1. The Kier molecular flexibility index (Phi) is 6.00. The summed E-state index contributed by atoms with van der Waals surface area (Å²) in [4.78, 5) is 16.9. The molecule has 0 aliphatic carbocycles. The summed E-state index contributed by atoms with van der Waals surface area (Å²) in [6.45, 7) is 4.02. The van der Waals surface area contributed by atoms with Crippen LogP contribution in [0.2, 0.25) is 0 Å². The second-order valence-electron chi connectivity index (χ2n) is 6.60. The zero-order valence-electron chi connectivity index (χ0n) is 16.0. The van der Waals surface area contributed by atoms with Gasteiger partial charge in [0, 0.05) is 6.42 Å². The number of nitrogens with zero attached hydrogens (tertiary/aromatic N) is 1. The Balaban J connectivity index is 1.57. The lowest BCUT2D eigenvalue weighted by molar-refractivity contribution is -0.116. The minimum absolute atomic E-state index is 0.0924. The molecule has 0 atom stereocenters. The zero-order valence-corrected chi connectivity index (χ0v) is 17.6. The van der Waals surface area contributed by atoms with Crippen LogP contribution in [0.4, 0.5) is 5.13 Å². The Hall–Kier alpha value is -2.45. The first-order chi connectivity index (χ1) is 13.3. The van der Waals surface area contributed by atoms with E-state index in [1.807, 2.05) is 19.9 Å². The minimum Gasteiger partial charge on any atom is -0.497 e. The summed E-state index contributed by atoms with van der Waals surface area (Å²) >= 11 is 1.43. The van der Waals surface area contributed by atoms with Crippen LogP contribution < -0.4 is 10.1 Å². The number of benzene rings is 2. The molecule has 3 rings (SSSR count). The fourth-order valence-electron chi connectivity index (χ4n) is 2.94. The molecular weight excluding hydrogens is 396 g/mol. The maximum atomic E-state index is 12.4. The first-order valence-electron chi connectivity index (χ1n) is 8.83. The predicted octanol–water partition coefficient (Wildman–Crippen LogP) is 4.11. The molecule has 0 aliphatic rings. The summed E-state index contributed by atoms with van der Waals surface area (Å²) < 4.78 is 30.8. The van der Waals surface area contributed by atoms with Crippen LogP contribution in [0.1, 0.15) is 24.0 Å². The van der Waals surface area contributed by atoms with Crippen LogP contribution in [-0.2, 0) is 14.6 Å². The molecule has 0 saturated carbocycles. The number of amides is 1. The quantitative estimate of drug-likeness (QED) is 0.624. The average molecular weight is 419 g/mol. The van der Waals surface area contributed by atoms with E-state index >= 15 is 0 Å². The van der Waals surface area contributed by atoms with E-state index in [4.69, 9.17) is 4.74 Å². The van der Waals surface area contributed by atoms with Gasteiger partial charge in [0.2, 0.25) is 5.91 Å². The first kappa shape index (κ1) is 20.3. The summed E-state index contributed by atoms with van der Waals surface area (Å²) in [5.41, 5.74) is 3.11. The molecule has 6 nitrogen and oxygen atoms in total. The van der Waals surface area contributed by atoms with Crippen LogP contribution in [0.25, 0.3) is 10.2 Å². The Morgan fingerprint density at radius 2 is 1.89 bits per heavy atom. The van der Waals surface area contributed by atoms with Gasteiger partial charge in [0.05, 0.1) is 28.0 Å². The lowest BCUT2D eigenvalue weighted by Gasteiger charge is -2.06. The van der Waals surface area contributed by atoms with Crippen molar-refractivity contribution in [2.75, 3.05) is 18.2 Å². The van der Waals surface area contributed by atoms with Crippen molar-refractivity contribution in [2.45, 2.75) is 31.6 Å². The van der Waals surface area contributed by atoms with Crippen LogP contribution in [0, 0.1) is 13.8 Å². The van der Waals surface area contributed by atoms with Gasteiger partial charge in [-0.05, 0) is 61.7 Å². The molecule has 0 bridgehead atoms. The molecule has 8 heteroatoms. The molecule has 148 valence electrons. The number of anilines is 1. The lowest BCUT2D eigenvalue weighted by Crippen LogP contribution is -2.14. The Morgan fingerprint density at radius 1 is 1.18 bits per heavy atom. The standard InChI is InChI=1S/C20H22N2O4S2/c1-13-11-14(2)19-17(12-13)21-20(27-19)22-18(23)5-4-10-28(24,25)16-8-6-15(26-3)7-9-16/h6-9,11-12H,4-5,10H2,1-3H3,(H,21,22,23). The molecule has 0 saturated heterocycles. The first-order valence-corrected chi connectivity index (χ1v) is 11.3. The molecule has 0 spiro atoms. The van der Waals surface area contributed by atoms with Crippen molar-refractivity contribution >= 4 is 42.4 Å². The van der Waals surface area contributed by atoms with E-state index in [1.165, 1.54) is 30.6 Å². The number of methoxy groups -OCH3 is 1. The van der Waals surface area contributed by atoms with Gasteiger partial charge in [0.1, 0.15) is 5.75 Å². The maximum Gasteiger partial charge on any atom is 0.226 e. The molecule has 0 radical (unpaired) electrons. The number of ether oxygens (including phenoxy) is 1. The highest BCUT2D eigenvalue weighted by molar-refractivity contribution is 7.91. The van der Waals surface area contributed by atoms with E-state index in [0.717, 1.165) is 21.3 Å². The lowest BCUT2D eigenvalue weighted by atomic mass is 10.1. The molecule has 1 N–H and O–H groups in total. The number of hydrogen-bond acceptors (Lipinski definition) is 6. The molecule has 3 aromatic rings. The summed E-state index contributed by atoms with van der Waals surface area (Å²) in [5.74, 6) is 0.267. The summed E-state index contributed by atoms with van der Waals surface area (Å²) in [5, 5.41) is 3.31. The molecule has 1 heterocycles. The van der Waals surface area contributed by atoms with Crippen molar-refractivity contribution in [2.24, 2.45) is 0 Å². The number of nitrogens with one attached hydrogen (secondary N) is 1. The van der Waals surface area contributed by atoms with E-state index in [0.29, 0.717) is 10.9 Å². The average Bonchev–Trinajstić information content (AvgIpc) is 3.04. The fourth-order valence-corrected chi connectivity index (χ4v) is 5.18. The molecular formula is C20H22N2O4S2. The molecule has 0 fully saturated rings. The van der Waals surface area contributed by atoms with Crippen molar-refractivity contribution in [1.29, 1.82) is 0 Å². The van der Waals surface area contributed by atoms with Gasteiger partial charge in [-0.1, -0.05) is 17.4 Å². The maximum absolute atomic E-state index is 12.4.